The minimum Gasteiger partial charge on any atom is -0.466 e. The highest BCUT2D eigenvalue weighted by Gasteiger charge is 2.20. The van der Waals surface area contributed by atoms with Crippen molar-refractivity contribution in [1.82, 2.24) is 5.32 Å². The van der Waals surface area contributed by atoms with Crippen molar-refractivity contribution in [2.75, 3.05) is 13.2 Å². The van der Waals surface area contributed by atoms with E-state index in [-0.39, 0.29) is 18.5 Å². The van der Waals surface area contributed by atoms with E-state index in [9.17, 15) is 19.8 Å². The Morgan fingerprint density at radius 3 is 0.798 bits per heavy atom. The van der Waals surface area contributed by atoms with Crippen LogP contribution in [0.15, 0.2) is 12.2 Å². The van der Waals surface area contributed by atoms with Crippen LogP contribution in [-0.4, -0.2) is 47.4 Å². The highest BCUT2D eigenvalue weighted by molar-refractivity contribution is 5.76. The fourth-order valence-corrected chi connectivity index (χ4v) is 13.5. The second-order valence-corrected chi connectivity index (χ2v) is 28.8. The number of ether oxygens (including phenoxy) is 1. The summed E-state index contributed by atoms with van der Waals surface area (Å²) in [5, 5.41) is 23.5. The van der Waals surface area contributed by atoms with E-state index < -0.39 is 12.1 Å². The molecule has 0 aromatic carbocycles. The molecule has 0 aliphatic heterocycles. The molecule has 0 rings (SSSR count). The molecule has 6 heteroatoms. The molecule has 0 heterocycles. The molecule has 2 atom stereocenters. The van der Waals surface area contributed by atoms with Crippen molar-refractivity contribution in [2.45, 2.75) is 495 Å². The number of aliphatic hydroxyl groups excluding tert-OH is 2. The second-order valence-electron chi connectivity index (χ2n) is 28.8. The van der Waals surface area contributed by atoms with Gasteiger partial charge in [-0.25, -0.2) is 0 Å². The summed E-state index contributed by atoms with van der Waals surface area (Å²) < 4.78 is 5.51. The highest BCUT2D eigenvalue weighted by Crippen LogP contribution is 2.21. The maximum absolute atomic E-state index is 12.6. The number of amides is 1. The molecule has 0 saturated heterocycles. The van der Waals surface area contributed by atoms with Crippen LogP contribution in [0.4, 0.5) is 0 Å². The maximum Gasteiger partial charge on any atom is 0.305 e. The first-order chi connectivity index (χ1) is 44.0. The van der Waals surface area contributed by atoms with Crippen LogP contribution in [-0.2, 0) is 14.3 Å². The van der Waals surface area contributed by atoms with Crippen molar-refractivity contribution in [3.8, 4) is 0 Å². The van der Waals surface area contributed by atoms with Crippen LogP contribution in [0.25, 0.3) is 0 Å². The van der Waals surface area contributed by atoms with Gasteiger partial charge in [-0.2, -0.15) is 0 Å². The van der Waals surface area contributed by atoms with Crippen LogP contribution in [0.3, 0.4) is 0 Å². The summed E-state index contributed by atoms with van der Waals surface area (Å²) in [6.07, 6.45) is 100. The lowest BCUT2D eigenvalue weighted by atomic mass is 10.0. The lowest BCUT2D eigenvalue weighted by Gasteiger charge is -2.22. The van der Waals surface area contributed by atoms with E-state index in [2.05, 4.69) is 31.3 Å². The molecule has 530 valence electrons. The van der Waals surface area contributed by atoms with E-state index in [0.29, 0.717) is 25.9 Å². The average molecular weight is 1260 g/mol. The molecule has 0 aromatic rings. The molecule has 89 heavy (non-hydrogen) atoms. The Morgan fingerprint density at radius 2 is 0.528 bits per heavy atom. The molecule has 3 N–H and O–H groups in total. The van der Waals surface area contributed by atoms with E-state index >= 15 is 0 Å². The maximum atomic E-state index is 12.6. The third kappa shape index (κ3) is 75.5. The van der Waals surface area contributed by atoms with Crippen LogP contribution in [0.1, 0.15) is 483 Å². The standard InChI is InChI=1S/C83H163NO5/c1-3-5-7-9-11-13-15-17-19-20-21-22-23-35-38-41-44-48-51-55-59-63-67-71-75-81(86)80(79-85)84-82(87)76-72-68-64-60-56-52-49-45-42-39-36-33-31-29-27-25-24-26-28-30-32-34-37-40-43-46-50-54-58-62-66-70-74-78-89-83(88)77-73-69-65-61-57-53-47-18-16-14-12-10-8-6-4-2/h28,30,80-81,85-86H,3-27,29,31-79H2,1-2H3,(H,84,87)/b30-28-. The number of allylic oxidation sites excluding steroid dienone is 2. The third-order valence-corrected chi connectivity index (χ3v) is 19.8. The average Bonchev–Trinajstić information content (AvgIpc) is 3.55. The van der Waals surface area contributed by atoms with Gasteiger partial charge in [0.2, 0.25) is 5.91 Å². The monoisotopic (exact) mass is 1250 g/mol. The molecule has 6 nitrogen and oxygen atoms in total. The summed E-state index contributed by atoms with van der Waals surface area (Å²) in [6, 6.07) is -0.540. The van der Waals surface area contributed by atoms with Crippen molar-refractivity contribution in [3.63, 3.8) is 0 Å². The van der Waals surface area contributed by atoms with Crippen LogP contribution >= 0.6 is 0 Å². The van der Waals surface area contributed by atoms with Crippen molar-refractivity contribution >= 4 is 11.9 Å². The zero-order valence-electron chi connectivity index (χ0n) is 61.0. The van der Waals surface area contributed by atoms with Gasteiger partial charge < -0.3 is 20.3 Å². The summed E-state index contributed by atoms with van der Waals surface area (Å²) >= 11 is 0. The van der Waals surface area contributed by atoms with Gasteiger partial charge in [0.15, 0.2) is 0 Å². The molecule has 0 aromatic heterocycles. The molecule has 0 bridgehead atoms. The van der Waals surface area contributed by atoms with Crippen LogP contribution < -0.4 is 5.32 Å². The van der Waals surface area contributed by atoms with Crippen molar-refractivity contribution < 1.29 is 24.5 Å². The quantitative estimate of drug-likeness (QED) is 0.0320. The zero-order valence-corrected chi connectivity index (χ0v) is 61.0. The van der Waals surface area contributed by atoms with E-state index in [1.807, 2.05) is 0 Å². The van der Waals surface area contributed by atoms with Crippen LogP contribution in [0.5, 0.6) is 0 Å². The summed E-state index contributed by atoms with van der Waals surface area (Å²) in [5.74, 6) is -0.00242. The molecular weight excluding hydrogens is 1090 g/mol. The van der Waals surface area contributed by atoms with Gasteiger partial charge >= 0.3 is 5.97 Å². The topological polar surface area (TPSA) is 95.9 Å². The Balaban J connectivity index is 3.34. The molecule has 0 radical (unpaired) electrons. The van der Waals surface area contributed by atoms with Gasteiger partial charge in [-0.1, -0.05) is 431 Å². The molecule has 0 saturated carbocycles. The number of nitrogens with one attached hydrogen (secondary N) is 1. The SMILES string of the molecule is CCCCCCCCCCCCCCCCCCCCCCCCCCC(O)C(CO)NC(=O)CCCCCCCCCCCCCCCCCCC/C=C\CCCCCCCCCCCCCCOC(=O)CCCCCCCCCCCCCCCCC. The summed E-state index contributed by atoms with van der Waals surface area (Å²) in [7, 11) is 0. The second kappa shape index (κ2) is 79.0. The molecular formula is C83H163NO5. The smallest absolute Gasteiger partial charge is 0.305 e. The number of hydrogen-bond donors (Lipinski definition) is 3. The minimum atomic E-state index is -0.663. The molecule has 0 aliphatic carbocycles. The molecule has 0 spiro atoms. The van der Waals surface area contributed by atoms with Gasteiger partial charge in [0.25, 0.3) is 0 Å². The number of carbonyl (C=O) groups excluding carboxylic acids is 2. The van der Waals surface area contributed by atoms with Crippen LogP contribution in [0, 0.1) is 0 Å². The summed E-state index contributed by atoms with van der Waals surface area (Å²) in [4.78, 5) is 24.7. The molecule has 2 unspecified atom stereocenters. The largest absolute Gasteiger partial charge is 0.466 e. The van der Waals surface area contributed by atoms with Crippen molar-refractivity contribution in [2.24, 2.45) is 0 Å². The number of esters is 1. The summed E-state index contributed by atoms with van der Waals surface area (Å²) in [6.45, 7) is 5.02. The predicted octanol–water partition coefficient (Wildman–Crippen LogP) is 27.4. The van der Waals surface area contributed by atoms with Gasteiger partial charge in [-0.05, 0) is 51.4 Å². The zero-order chi connectivity index (χ0) is 64.2. The fraction of sp³-hybridized carbons (Fsp3) is 0.952. The Labute approximate surface area is 559 Å². The van der Waals surface area contributed by atoms with E-state index in [1.165, 1.54) is 411 Å². The Morgan fingerprint density at radius 1 is 0.303 bits per heavy atom. The minimum absolute atomic E-state index is 0.0230. The predicted molar refractivity (Wildman–Crippen MR) is 394 cm³/mol. The number of hydrogen-bond acceptors (Lipinski definition) is 5. The number of unbranched alkanes of at least 4 members (excludes halogenated alkanes) is 66. The Kier molecular flexibility index (Phi) is 77.8. The van der Waals surface area contributed by atoms with E-state index in [4.69, 9.17) is 4.74 Å². The first-order valence-electron chi connectivity index (χ1n) is 41.4. The molecule has 1 amide bonds. The van der Waals surface area contributed by atoms with Gasteiger partial charge in [-0.3, -0.25) is 9.59 Å². The van der Waals surface area contributed by atoms with E-state index in [0.717, 1.165) is 38.5 Å². The van der Waals surface area contributed by atoms with E-state index in [1.54, 1.807) is 0 Å². The number of rotatable bonds is 79. The third-order valence-electron chi connectivity index (χ3n) is 19.8. The molecule has 0 aliphatic rings. The van der Waals surface area contributed by atoms with Gasteiger partial charge in [0.05, 0.1) is 25.4 Å². The Hall–Kier alpha value is -1.40. The van der Waals surface area contributed by atoms with Crippen molar-refractivity contribution in [1.29, 1.82) is 0 Å². The first-order valence-corrected chi connectivity index (χ1v) is 41.4. The normalized spacial score (nSPS) is 12.4. The molecule has 0 fully saturated rings. The van der Waals surface area contributed by atoms with Crippen LogP contribution in [0.2, 0.25) is 0 Å². The van der Waals surface area contributed by atoms with Gasteiger partial charge in [0, 0.05) is 12.8 Å². The number of carbonyl (C=O) groups is 2. The number of aliphatic hydroxyl groups is 2. The lowest BCUT2D eigenvalue weighted by molar-refractivity contribution is -0.143. The lowest BCUT2D eigenvalue weighted by Crippen LogP contribution is -2.45. The highest BCUT2D eigenvalue weighted by atomic mass is 16.5. The van der Waals surface area contributed by atoms with Gasteiger partial charge in [-0.15, -0.1) is 0 Å². The Bertz CT molecular complexity index is 1350. The first kappa shape index (κ1) is 87.6. The van der Waals surface area contributed by atoms with Crippen molar-refractivity contribution in [3.05, 3.63) is 12.2 Å². The summed E-state index contributed by atoms with van der Waals surface area (Å²) in [5.41, 5.74) is 0. The fourth-order valence-electron chi connectivity index (χ4n) is 13.5. The van der Waals surface area contributed by atoms with Gasteiger partial charge in [0.1, 0.15) is 0 Å².